The fraction of sp³-hybridized carbons (Fsp3) is 0.0625. The van der Waals surface area contributed by atoms with Gasteiger partial charge in [-0.1, -0.05) is 23.7 Å². The van der Waals surface area contributed by atoms with Crippen LogP contribution in [0.1, 0.15) is 11.1 Å². The van der Waals surface area contributed by atoms with Crippen LogP contribution in [0.4, 0.5) is 5.69 Å². The molecule has 4 N–H and O–H groups in total. The van der Waals surface area contributed by atoms with Crippen LogP contribution in [0, 0.1) is 0 Å². The maximum Gasteiger partial charge on any atom is 0.336 e. The molecule has 0 spiro atoms. The molecule has 6 heteroatoms. The number of carboxylic acids is 1. The summed E-state index contributed by atoms with van der Waals surface area (Å²) in [5, 5.41) is 19.2. The number of hydrogen-bond donors (Lipinski definition) is 3. The first-order chi connectivity index (χ1) is 10.4. The summed E-state index contributed by atoms with van der Waals surface area (Å²) in [5.41, 5.74) is 7.22. The van der Waals surface area contributed by atoms with Crippen LogP contribution in [-0.4, -0.2) is 23.3 Å². The lowest BCUT2D eigenvalue weighted by atomic mass is 10.0. The predicted molar refractivity (Wildman–Crippen MR) is 86.0 cm³/mol. The molecule has 2 rings (SSSR count). The maximum absolute atomic E-state index is 11.5. The highest BCUT2D eigenvalue weighted by molar-refractivity contribution is 6.32. The lowest BCUT2D eigenvalue weighted by Crippen LogP contribution is -2.00. The Morgan fingerprint density at radius 1 is 1.27 bits per heavy atom. The Balaban J connectivity index is 2.53. The number of methoxy groups -OCH3 is 1. The molecular weight excluding hydrogens is 306 g/mol. The van der Waals surface area contributed by atoms with Gasteiger partial charge in [0.1, 0.15) is 0 Å². The van der Waals surface area contributed by atoms with Gasteiger partial charge in [0.05, 0.1) is 17.7 Å². The van der Waals surface area contributed by atoms with E-state index in [0.29, 0.717) is 16.8 Å². The van der Waals surface area contributed by atoms with Crippen LogP contribution < -0.4 is 10.5 Å². The number of benzene rings is 2. The summed E-state index contributed by atoms with van der Waals surface area (Å²) in [7, 11) is 1.39. The fourth-order valence-corrected chi connectivity index (χ4v) is 2.15. The van der Waals surface area contributed by atoms with Crippen LogP contribution >= 0.6 is 11.6 Å². The van der Waals surface area contributed by atoms with Crippen molar-refractivity contribution in [3.05, 3.63) is 52.5 Å². The van der Waals surface area contributed by atoms with Crippen LogP contribution in [0.5, 0.6) is 11.5 Å². The van der Waals surface area contributed by atoms with Gasteiger partial charge in [0, 0.05) is 5.69 Å². The molecule has 0 aliphatic carbocycles. The third kappa shape index (κ3) is 3.32. The van der Waals surface area contributed by atoms with Gasteiger partial charge in [-0.15, -0.1) is 0 Å². The Morgan fingerprint density at radius 2 is 1.91 bits per heavy atom. The molecule has 114 valence electrons. The summed E-state index contributed by atoms with van der Waals surface area (Å²) in [6.45, 7) is 0. The standard InChI is InChI=1S/C16H14ClNO4/c1-22-14-8-9(7-13(17)15(14)19)6-12(16(20)21)10-2-4-11(18)5-3-10/h2-8,19H,18H2,1H3,(H,20,21)/b12-6-. The molecule has 0 aliphatic rings. The number of nitrogens with two attached hydrogens (primary N) is 1. The zero-order chi connectivity index (χ0) is 16.3. The minimum Gasteiger partial charge on any atom is -0.503 e. The average Bonchev–Trinajstić information content (AvgIpc) is 2.49. The summed E-state index contributed by atoms with van der Waals surface area (Å²) in [5.74, 6) is -1.11. The van der Waals surface area contributed by atoms with Crippen molar-refractivity contribution in [1.29, 1.82) is 0 Å². The average molecular weight is 320 g/mol. The Hall–Kier alpha value is -2.66. The number of carboxylic acid groups (broad SMARTS) is 1. The predicted octanol–water partition coefficient (Wildman–Crippen LogP) is 3.26. The quantitative estimate of drug-likeness (QED) is 0.457. The Bertz CT molecular complexity index is 739. The molecule has 0 fully saturated rings. The SMILES string of the molecule is COc1cc(/C=C(\C(=O)O)c2ccc(N)cc2)cc(Cl)c1O. The number of carbonyl (C=O) groups is 1. The molecule has 0 saturated carbocycles. The van der Waals surface area contributed by atoms with Crippen LogP contribution in [0.3, 0.4) is 0 Å². The van der Waals surface area contributed by atoms with Crippen LogP contribution in [0.15, 0.2) is 36.4 Å². The molecule has 0 radical (unpaired) electrons. The van der Waals surface area contributed by atoms with Crippen molar-refractivity contribution < 1.29 is 19.7 Å². The van der Waals surface area contributed by atoms with E-state index in [1.54, 1.807) is 24.3 Å². The molecule has 0 saturated heterocycles. The van der Waals surface area contributed by atoms with E-state index in [-0.39, 0.29) is 22.1 Å². The lowest BCUT2D eigenvalue weighted by molar-refractivity contribution is -0.130. The van der Waals surface area contributed by atoms with E-state index >= 15 is 0 Å². The number of phenols is 1. The van der Waals surface area contributed by atoms with Crippen LogP contribution in [0.2, 0.25) is 5.02 Å². The highest BCUT2D eigenvalue weighted by Gasteiger charge is 2.13. The summed E-state index contributed by atoms with van der Waals surface area (Å²) >= 11 is 5.90. The minimum absolute atomic E-state index is 0.0730. The van der Waals surface area contributed by atoms with Gasteiger partial charge in [0.2, 0.25) is 0 Å². The van der Waals surface area contributed by atoms with Crippen LogP contribution in [0.25, 0.3) is 11.6 Å². The van der Waals surface area contributed by atoms with Crippen molar-refractivity contribution in [1.82, 2.24) is 0 Å². The molecule has 22 heavy (non-hydrogen) atoms. The van der Waals surface area contributed by atoms with E-state index in [2.05, 4.69) is 0 Å². The summed E-state index contributed by atoms with van der Waals surface area (Å²) in [6.07, 6.45) is 1.45. The smallest absolute Gasteiger partial charge is 0.336 e. The van der Waals surface area contributed by atoms with Crippen LogP contribution in [-0.2, 0) is 4.79 Å². The van der Waals surface area contributed by atoms with E-state index in [9.17, 15) is 15.0 Å². The number of nitrogen functional groups attached to an aromatic ring is 1. The third-order valence-corrected chi connectivity index (χ3v) is 3.32. The zero-order valence-electron chi connectivity index (χ0n) is 11.7. The van der Waals surface area contributed by atoms with E-state index in [4.69, 9.17) is 22.1 Å². The molecule has 0 bridgehead atoms. The van der Waals surface area contributed by atoms with Gasteiger partial charge in [-0.05, 0) is 41.5 Å². The molecule has 5 nitrogen and oxygen atoms in total. The minimum atomic E-state index is -1.09. The molecule has 2 aromatic carbocycles. The summed E-state index contributed by atoms with van der Waals surface area (Å²) in [6, 6.07) is 9.44. The second kappa shape index (κ2) is 6.41. The van der Waals surface area contributed by atoms with Gasteiger partial charge in [-0.25, -0.2) is 4.79 Å². The first-order valence-electron chi connectivity index (χ1n) is 6.29. The number of aromatic hydroxyl groups is 1. The van der Waals surface area contributed by atoms with E-state index in [1.807, 2.05) is 0 Å². The van der Waals surface area contributed by atoms with E-state index in [0.717, 1.165) is 0 Å². The monoisotopic (exact) mass is 319 g/mol. The van der Waals surface area contributed by atoms with Gasteiger partial charge in [0.25, 0.3) is 0 Å². The maximum atomic E-state index is 11.5. The highest BCUT2D eigenvalue weighted by atomic mass is 35.5. The zero-order valence-corrected chi connectivity index (χ0v) is 12.5. The second-order valence-electron chi connectivity index (χ2n) is 4.54. The van der Waals surface area contributed by atoms with Gasteiger partial charge >= 0.3 is 5.97 Å². The molecule has 0 unspecified atom stereocenters. The van der Waals surface area contributed by atoms with Gasteiger partial charge in [0.15, 0.2) is 11.5 Å². The Labute approximate surface area is 132 Å². The van der Waals surface area contributed by atoms with Crippen molar-refractivity contribution in [3.63, 3.8) is 0 Å². The van der Waals surface area contributed by atoms with Gasteiger partial charge in [-0.3, -0.25) is 0 Å². The molecule has 0 atom stereocenters. The lowest BCUT2D eigenvalue weighted by Gasteiger charge is -2.08. The number of rotatable bonds is 4. The first kappa shape index (κ1) is 15.7. The number of halogens is 1. The Kier molecular flexibility index (Phi) is 4.58. The molecule has 0 aliphatic heterocycles. The largest absolute Gasteiger partial charge is 0.503 e. The van der Waals surface area contributed by atoms with Gasteiger partial charge < -0.3 is 20.7 Å². The third-order valence-electron chi connectivity index (χ3n) is 3.03. The number of phenolic OH excluding ortho intramolecular Hbond substituents is 1. The first-order valence-corrected chi connectivity index (χ1v) is 6.67. The van der Waals surface area contributed by atoms with Crippen molar-refractivity contribution in [2.45, 2.75) is 0 Å². The van der Waals surface area contributed by atoms with E-state index < -0.39 is 5.97 Å². The number of ether oxygens (including phenoxy) is 1. The van der Waals surface area contributed by atoms with Gasteiger partial charge in [-0.2, -0.15) is 0 Å². The molecular formula is C16H14ClNO4. The molecule has 0 aromatic heterocycles. The number of anilines is 1. The normalized spacial score (nSPS) is 11.3. The molecule has 0 amide bonds. The topological polar surface area (TPSA) is 92.8 Å². The summed E-state index contributed by atoms with van der Waals surface area (Å²) in [4.78, 5) is 11.5. The fourth-order valence-electron chi connectivity index (χ4n) is 1.93. The van der Waals surface area contributed by atoms with Crippen molar-refractivity contribution in [2.24, 2.45) is 0 Å². The van der Waals surface area contributed by atoms with Crippen molar-refractivity contribution >= 4 is 34.9 Å². The molecule has 0 heterocycles. The Morgan fingerprint density at radius 3 is 2.45 bits per heavy atom. The van der Waals surface area contributed by atoms with Crippen molar-refractivity contribution in [2.75, 3.05) is 12.8 Å². The summed E-state index contributed by atoms with van der Waals surface area (Å²) < 4.78 is 5.00. The number of aliphatic carboxylic acids is 1. The highest BCUT2D eigenvalue weighted by Crippen LogP contribution is 2.36. The second-order valence-corrected chi connectivity index (χ2v) is 4.95. The molecule has 2 aromatic rings. The number of hydrogen-bond acceptors (Lipinski definition) is 4. The van der Waals surface area contributed by atoms with E-state index in [1.165, 1.54) is 25.3 Å². The van der Waals surface area contributed by atoms with Crippen molar-refractivity contribution in [3.8, 4) is 11.5 Å².